The van der Waals surface area contributed by atoms with Crippen molar-refractivity contribution in [3.63, 3.8) is 0 Å². The third kappa shape index (κ3) is 5.44. The van der Waals surface area contributed by atoms with Gasteiger partial charge in [-0.3, -0.25) is 9.59 Å². The highest BCUT2D eigenvalue weighted by atomic mass is 31.1. The Morgan fingerprint density at radius 1 is 0.968 bits per heavy atom. The lowest BCUT2D eigenvalue weighted by Gasteiger charge is -2.14. The minimum atomic E-state index is -0.471. The van der Waals surface area contributed by atoms with Crippen molar-refractivity contribution in [2.75, 3.05) is 36.3 Å². The molecule has 31 heavy (non-hydrogen) atoms. The van der Waals surface area contributed by atoms with Crippen LogP contribution in [0.15, 0.2) is 48.7 Å². The number of hydrogen-bond acceptors (Lipinski definition) is 5. The third-order valence-corrected chi connectivity index (χ3v) is 5.70. The molecule has 0 aliphatic rings. The van der Waals surface area contributed by atoms with Gasteiger partial charge in [0.2, 0.25) is 0 Å². The Balaban J connectivity index is 1.81. The fourth-order valence-corrected chi connectivity index (χ4v) is 3.55. The number of carbonyl (C=O) groups is 2. The van der Waals surface area contributed by atoms with Crippen LogP contribution in [0, 0.1) is 13.8 Å². The summed E-state index contributed by atoms with van der Waals surface area (Å²) in [6.45, 7) is 7.95. The predicted molar refractivity (Wildman–Crippen MR) is 128 cm³/mol. The van der Waals surface area contributed by atoms with E-state index in [2.05, 4.69) is 39.2 Å². The Morgan fingerprint density at radius 2 is 1.74 bits per heavy atom. The van der Waals surface area contributed by atoms with Gasteiger partial charge in [0.05, 0.1) is 0 Å². The largest absolute Gasteiger partial charge is 0.372 e. The van der Waals surface area contributed by atoms with Gasteiger partial charge in [-0.05, 0) is 64.9 Å². The molecule has 2 amide bonds. The van der Waals surface area contributed by atoms with Crippen LogP contribution in [0.2, 0.25) is 0 Å². The number of nitrogens with zero attached hydrogens (tertiary/aromatic N) is 2. The molecule has 1 heterocycles. The molecule has 160 valence electrons. The molecule has 0 saturated heterocycles. The number of rotatable bonds is 6. The molecule has 7 nitrogen and oxygen atoms in total. The van der Waals surface area contributed by atoms with Gasteiger partial charge < -0.3 is 16.0 Å². The Morgan fingerprint density at radius 3 is 2.42 bits per heavy atom. The molecule has 0 spiro atoms. The van der Waals surface area contributed by atoms with Crippen LogP contribution in [0.1, 0.15) is 31.8 Å². The molecule has 0 bridgehead atoms. The standard InChI is InChI=1S/C23H26N5O2P/c1-14-7-6-8-16(11-14)21(29)26-17-10-9-15(2)19(12-17)27-22(30)18-13-25-23(31(4)5)28-20(18)24-3/h6-13H,1-5H3,(H,26,29)(H,27,30)(H,24,25,28). The van der Waals surface area contributed by atoms with E-state index >= 15 is 0 Å². The predicted octanol–water partition coefficient (Wildman–Crippen LogP) is 4.01. The van der Waals surface area contributed by atoms with E-state index in [0.717, 1.165) is 16.7 Å². The molecule has 8 heteroatoms. The van der Waals surface area contributed by atoms with E-state index in [9.17, 15) is 9.59 Å². The van der Waals surface area contributed by atoms with Gasteiger partial charge in [0.25, 0.3) is 11.8 Å². The summed E-state index contributed by atoms with van der Waals surface area (Å²) < 4.78 is 0. The lowest BCUT2D eigenvalue weighted by molar-refractivity contribution is 0.101. The summed E-state index contributed by atoms with van der Waals surface area (Å²) in [6, 6.07) is 12.8. The number of benzene rings is 2. The molecule has 3 N–H and O–H groups in total. The summed E-state index contributed by atoms with van der Waals surface area (Å²) in [4.78, 5) is 34.3. The van der Waals surface area contributed by atoms with Crippen molar-refractivity contribution >= 4 is 42.5 Å². The monoisotopic (exact) mass is 435 g/mol. The number of amides is 2. The van der Waals surface area contributed by atoms with Crippen molar-refractivity contribution in [3.8, 4) is 0 Å². The SMILES string of the molecule is CNc1nc(P(C)C)ncc1C(=O)Nc1cc(NC(=O)c2cccc(C)c2)ccc1C. The Labute approximate surface area is 183 Å². The molecular weight excluding hydrogens is 409 g/mol. The molecule has 0 saturated carbocycles. The molecule has 0 radical (unpaired) electrons. The van der Waals surface area contributed by atoms with E-state index in [1.807, 2.05) is 38.1 Å². The molecule has 2 aromatic carbocycles. The summed E-state index contributed by atoms with van der Waals surface area (Å²) in [5, 5.41) is 8.76. The first-order valence-electron chi connectivity index (χ1n) is 9.80. The number of hydrogen-bond donors (Lipinski definition) is 3. The van der Waals surface area contributed by atoms with Crippen LogP contribution in [0.4, 0.5) is 17.2 Å². The van der Waals surface area contributed by atoms with Crippen LogP contribution < -0.4 is 21.5 Å². The molecule has 0 fully saturated rings. The van der Waals surface area contributed by atoms with Crippen molar-refractivity contribution in [1.82, 2.24) is 9.97 Å². The zero-order valence-electron chi connectivity index (χ0n) is 18.3. The van der Waals surface area contributed by atoms with Crippen LogP contribution in [0.25, 0.3) is 0 Å². The topological polar surface area (TPSA) is 96.0 Å². The average molecular weight is 435 g/mol. The number of aromatic nitrogens is 2. The lowest BCUT2D eigenvalue weighted by atomic mass is 10.1. The summed E-state index contributed by atoms with van der Waals surface area (Å²) in [5.74, 6) is -0.0418. The number of carbonyl (C=O) groups excluding carboxylic acids is 2. The second-order valence-electron chi connectivity index (χ2n) is 7.38. The van der Waals surface area contributed by atoms with Gasteiger partial charge in [-0.15, -0.1) is 0 Å². The van der Waals surface area contributed by atoms with Crippen LogP contribution in [0.3, 0.4) is 0 Å². The molecule has 0 atom stereocenters. The lowest BCUT2D eigenvalue weighted by Crippen LogP contribution is -2.21. The van der Waals surface area contributed by atoms with Crippen molar-refractivity contribution in [3.05, 3.63) is 70.9 Å². The molecule has 0 aliphatic carbocycles. The molecule has 3 aromatic rings. The van der Waals surface area contributed by atoms with E-state index in [4.69, 9.17) is 0 Å². The van der Waals surface area contributed by atoms with Crippen LogP contribution in [-0.4, -0.2) is 42.2 Å². The molecule has 0 aliphatic heterocycles. The van der Waals surface area contributed by atoms with Gasteiger partial charge in [-0.2, -0.15) is 0 Å². The van der Waals surface area contributed by atoms with Crippen LogP contribution >= 0.6 is 7.92 Å². The highest BCUT2D eigenvalue weighted by molar-refractivity contribution is 7.63. The minimum Gasteiger partial charge on any atom is -0.372 e. The minimum absolute atomic E-state index is 0.207. The second kappa shape index (κ2) is 9.67. The van der Waals surface area contributed by atoms with Crippen molar-refractivity contribution in [1.29, 1.82) is 0 Å². The first-order chi connectivity index (χ1) is 14.8. The third-order valence-electron chi connectivity index (χ3n) is 4.68. The molecule has 1 aromatic heterocycles. The van der Waals surface area contributed by atoms with E-state index in [1.54, 1.807) is 31.4 Å². The van der Waals surface area contributed by atoms with Crippen molar-refractivity contribution in [2.24, 2.45) is 0 Å². The Hall–Kier alpha value is -3.31. The van der Waals surface area contributed by atoms with Gasteiger partial charge in [-0.25, -0.2) is 9.97 Å². The zero-order valence-corrected chi connectivity index (χ0v) is 19.2. The highest BCUT2D eigenvalue weighted by Crippen LogP contribution is 2.24. The van der Waals surface area contributed by atoms with E-state index < -0.39 is 7.92 Å². The Bertz CT molecular complexity index is 1130. The van der Waals surface area contributed by atoms with E-state index in [0.29, 0.717) is 28.3 Å². The summed E-state index contributed by atoms with van der Waals surface area (Å²) in [7, 11) is 1.25. The number of aryl methyl sites for hydroxylation is 2. The average Bonchev–Trinajstić information content (AvgIpc) is 2.75. The number of anilines is 3. The van der Waals surface area contributed by atoms with Crippen LogP contribution in [0.5, 0.6) is 0 Å². The molecule has 0 unspecified atom stereocenters. The first-order valence-corrected chi connectivity index (χ1v) is 12.0. The second-order valence-corrected chi connectivity index (χ2v) is 9.57. The van der Waals surface area contributed by atoms with Gasteiger partial charge >= 0.3 is 0 Å². The van der Waals surface area contributed by atoms with Gasteiger partial charge in [0.15, 0.2) is 5.57 Å². The van der Waals surface area contributed by atoms with E-state index in [-0.39, 0.29) is 11.8 Å². The van der Waals surface area contributed by atoms with Gasteiger partial charge in [-0.1, -0.05) is 23.8 Å². The normalized spacial score (nSPS) is 10.6. The van der Waals surface area contributed by atoms with Crippen LogP contribution in [-0.2, 0) is 0 Å². The highest BCUT2D eigenvalue weighted by Gasteiger charge is 2.17. The first kappa shape index (κ1) is 22.4. The molecular formula is C23H26N5O2P. The maximum Gasteiger partial charge on any atom is 0.261 e. The fraction of sp³-hybridized carbons (Fsp3) is 0.217. The van der Waals surface area contributed by atoms with E-state index in [1.165, 1.54) is 0 Å². The fourth-order valence-electron chi connectivity index (χ4n) is 2.96. The van der Waals surface area contributed by atoms with Crippen molar-refractivity contribution < 1.29 is 9.59 Å². The van der Waals surface area contributed by atoms with Gasteiger partial charge in [0.1, 0.15) is 11.4 Å². The number of nitrogens with one attached hydrogen (secondary N) is 3. The Kier molecular flexibility index (Phi) is 6.98. The summed E-state index contributed by atoms with van der Waals surface area (Å²) >= 11 is 0. The quantitative estimate of drug-likeness (QED) is 0.509. The zero-order chi connectivity index (χ0) is 22.5. The summed E-state index contributed by atoms with van der Waals surface area (Å²) in [5.41, 5.74) is 4.74. The maximum absolute atomic E-state index is 12.9. The van der Waals surface area contributed by atoms with Gasteiger partial charge in [0, 0.05) is 30.2 Å². The smallest absolute Gasteiger partial charge is 0.261 e. The summed E-state index contributed by atoms with van der Waals surface area (Å²) in [6.07, 6.45) is 1.55. The van der Waals surface area contributed by atoms with Crippen molar-refractivity contribution in [2.45, 2.75) is 13.8 Å². The molecule has 3 rings (SSSR count). The maximum atomic E-state index is 12.9.